The number of pyridine rings is 1. The monoisotopic (exact) mass is 396 g/mol. The van der Waals surface area contributed by atoms with Crippen LogP contribution in [0.2, 0.25) is 0 Å². The van der Waals surface area contributed by atoms with Gasteiger partial charge in [-0.2, -0.15) is 0 Å². The maximum absolute atomic E-state index is 11.6. The molecule has 7 nitrogen and oxygen atoms in total. The van der Waals surface area contributed by atoms with Crippen LogP contribution in [-0.2, 0) is 6.54 Å². The first-order valence-corrected chi connectivity index (χ1v) is 9.67. The van der Waals surface area contributed by atoms with Gasteiger partial charge in [0.1, 0.15) is 12.3 Å². The Kier molecular flexibility index (Phi) is 6.61. The molecule has 2 aromatic heterocycles. The molecular weight excluding hydrogens is 372 g/mol. The molecule has 0 atom stereocenters. The lowest BCUT2D eigenvalue weighted by atomic mass is 10.0. The van der Waals surface area contributed by atoms with Gasteiger partial charge in [0.25, 0.3) is 0 Å². The lowest BCUT2D eigenvalue weighted by molar-refractivity contribution is -0.918. The van der Waals surface area contributed by atoms with Crippen molar-refractivity contribution in [3.05, 3.63) is 69.8 Å². The van der Waals surface area contributed by atoms with E-state index in [2.05, 4.69) is 4.98 Å². The van der Waals surface area contributed by atoms with Crippen LogP contribution in [0.1, 0.15) is 40.9 Å². The quantitative estimate of drug-likeness (QED) is 0.635. The number of carbonyl (C=O) groups excluding carboxylic acids is 1. The minimum atomic E-state index is -1.24. The third kappa shape index (κ3) is 5.20. The van der Waals surface area contributed by atoms with Crippen molar-refractivity contribution in [2.24, 2.45) is 0 Å². The molecule has 1 fully saturated rings. The number of hydrogen-bond donors (Lipinski definition) is 2. The van der Waals surface area contributed by atoms with Crippen molar-refractivity contribution in [1.82, 2.24) is 4.98 Å². The van der Waals surface area contributed by atoms with Gasteiger partial charge in [-0.05, 0) is 56.0 Å². The van der Waals surface area contributed by atoms with E-state index in [1.807, 2.05) is 13.0 Å². The number of benzene rings is 1. The summed E-state index contributed by atoms with van der Waals surface area (Å²) >= 11 is 0. The number of carboxylic acids is 1. The van der Waals surface area contributed by atoms with E-state index in [-0.39, 0.29) is 17.1 Å². The lowest BCUT2D eigenvalue weighted by Crippen LogP contribution is -3.11. The van der Waals surface area contributed by atoms with Gasteiger partial charge in [-0.3, -0.25) is 4.98 Å². The summed E-state index contributed by atoms with van der Waals surface area (Å²) in [6, 6.07) is 9.64. The number of aryl methyl sites for hydroxylation is 1. The van der Waals surface area contributed by atoms with Crippen LogP contribution in [0.5, 0.6) is 5.75 Å². The second-order valence-electron chi connectivity index (χ2n) is 7.18. The molecule has 0 spiro atoms. The Balaban J connectivity index is 0.000000224. The van der Waals surface area contributed by atoms with Crippen LogP contribution in [0.4, 0.5) is 0 Å². The minimum absolute atomic E-state index is 0.0301. The zero-order valence-corrected chi connectivity index (χ0v) is 16.3. The van der Waals surface area contributed by atoms with Crippen LogP contribution in [0.25, 0.3) is 11.0 Å². The van der Waals surface area contributed by atoms with Crippen LogP contribution in [0.15, 0.2) is 51.8 Å². The standard InChI is InChI=1S/C16H19NO3.C6H5NO2/c1-11-9-15(19)20-16-12(11)5-6-14(18)13(16)10-17-7-3-2-4-8-17;8-6(9)5-3-1-2-4-7-5/h5-6,9,18H,2-4,7-8,10H2,1H3;1-4H,(H,8,9). The largest absolute Gasteiger partial charge is 0.543 e. The molecule has 0 unspecified atom stereocenters. The highest BCUT2D eigenvalue weighted by Gasteiger charge is 2.20. The van der Waals surface area contributed by atoms with Gasteiger partial charge in [-0.1, -0.05) is 6.07 Å². The number of piperidine rings is 1. The van der Waals surface area contributed by atoms with Crippen LogP contribution in [-0.4, -0.2) is 29.1 Å². The summed E-state index contributed by atoms with van der Waals surface area (Å²) in [5.41, 5.74) is 1.83. The van der Waals surface area contributed by atoms with Crippen molar-refractivity contribution < 1.29 is 24.3 Å². The molecule has 2 N–H and O–H groups in total. The van der Waals surface area contributed by atoms with Crippen molar-refractivity contribution in [2.75, 3.05) is 13.1 Å². The van der Waals surface area contributed by atoms with Crippen molar-refractivity contribution in [1.29, 1.82) is 0 Å². The molecule has 0 radical (unpaired) electrons. The van der Waals surface area contributed by atoms with Gasteiger partial charge in [-0.15, -0.1) is 0 Å². The van der Waals surface area contributed by atoms with Crippen LogP contribution in [0.3, 0.4) is 0 Å². The van der Waals surface area contributed by atoms with Crippen molar-refractivity contribution in [2.45, 2.75) is 32.7 Å². The van der Waals surface area contributed by atoms with E-state index in [1.54, 1.807) is 18.2 Å². The summed E-state index contributed by atoms with van der Waals surface area (Å²) in [5.74, 6) is -1.01. The smallest absolute Gasteiger partial charge is 0.336 e. The Bertz CT molecular complexity index is 1040. The number of aromatic nitrogens is 1. The fraction of sp³-hybridized carbons (Fsp3) is 0.318. The number of quaternary nitrogens is 1. The van der Waals surface area contributed by atoms with Crippen molar-refractivity contribution in [3.8, 4) is 5.75 Å². The number of phenols is 1. The third-order valence-electron chi connectivity index (χ3n) is 5.06. The van der Waals surface area contributed by atoms with E-state index in [0.717, 1.165) is 36.1 Å². The number of nitrogens with zero attached hydrogens (tertiary/aromatic N) is 1. The summed E-state index contributed by atoms with van der Waals surface area (Å²) in [6.45, 7) is 4.85. The normalized spacial score (nSPS) is 14.2. The Hall–Kier alpha value is -3.19. The van der Waals surface area contributed by atoms with E-state index < -0.39 is 5.97 Å². The van der Waals surface area contributed by atoms with Crippen LogP contribution in [0, 0.1) is 6.92 Å². The highest BCUT2D eigenvalue weighted by atomic mass is 16.4. The first-order valence-electron chi connectivity index (χ1n) is 9.67. The Labute approximate surface area is 168 Å². The van der Waals surface area contributed by atoms with Crippen LogP contribution < -0.4 is 15.6 Å². The zero-order chi connectivity index (χ0) is 20.8. The van der Waals surface area contributed by atoms with Gasteiger partial charge in [0.15, 0.2) is 5.58 Å². The Morgan fingerprint density at radius 2 is 1.97 bits per heavy atom. The average molecular weight is 396 g/mol. The fourth-order valence-corrected chi connectivity index (χ4v) is 3.56. The average Bonchev–Trinajstić information content (AvgIpc) is 2.72. The van der Waals surface area contributed by atoms with E-state index >= 15 is 0 Å². The Morgan fingerprint density at radius 1 is 1.21 bits per heavy atom. The number of nitrogens with one attached hydrogen (secondary N) is 1. The number of fused-ring (bicyclic) bond motifs is 1. The molecule has 1 saturated heterocycles. The predicted octanol–water partition coefficient (Wildman–Crippen LogP) is 0.821. The second kappa shape index (κ2) is 9.34. The number of aromatic carboxylic acids is 1. The number of carbonyl (C=O) groups is 1. The van der Waals surface area contributed by atoms with Gasteiger partial charge in [-0.25, -0.2) is 4.79 Å². The predicted molar refractivity (Wildman–Crippen MR) is 106 cm³/mol. The van der Waals surface area contributed by atoms with Gasteiger partial charge >= 0.3 is 5.63 Å². The number of hydrogen-bond acceptors (Lipinski definition) is 6. The number of likely N-dealkylation sites (tertiary alicyclic amines) is 1. The lowest BCUT2D eigenvalue weighted by Gasteiger charge is -2.24. The maximum Gasteiger partial charge on any atom is 0.336 e. The molecule has 1 aliphatic heterocycles. The van der Waals surface area contributed by atoms with E-state index in [0.29, 0.717) is 5.58 Å². The third-order valence-corrected chi connectivity index (χ3v) is 5.06. The SMILES string of the molecule is Cc1cc(=O)oc2c(C[NH+]3CCCCC3)c(O)ccc12.O=C([O-])c1ccccn1. The van der Waals surface area contributed by atoms with Crippen LogP contribution >= 0.6 is 0 Å². The highest BCUT2D eigenvalue weighted by Crippen LogP contribution is 2.27. The zero-order valence-electron chi connectivity index (χ0n) is 16.3. The molecule has 0 bridgehead atoms. The first kappa shape index (κ1) is 20.5. The second-order valence-corrected chi connectivity index (χ2v) is 7.18. The number of aromatic hydroxyl groups is 1. The topological polar surface area (TPSA) is 108 Å². The molecule has 4 rings (SSSR count). The molecule has 1 aliphatic rings. The molecule has 3 heterocycles. The molecule has 152 valence electrons. The summed E-state index contributed by atoms with van der Waals surface area (Å²) in [7, 11) is 0. The summed E-state index contributed by atoms with van der Waals surface area (Å²) in [5, 5.41) is 21.1. The van der Waals surface area contributed by atoms with Gasteiger partial charge in [0.2, 0.25) is 0 Å². The van der Waals surface area contributed by atoms with Gasteiger partial charge in [0.05, 0.1) is 30.3 Å². The van der Waals surface area contributed by atoms with E-state index in [9.17, 15) is 19.8 Å². The van der Waals surface area contributed by atoms with Crippen molar-refractivity contribution in [3.63, 3.8) is 0 Å². The molecule has 0 saturated carbocycles. The molecule has 1 aromatic carbocycles. The molecule has 7 heteroatoms. The number of rotatable bonds is 3. The molecule has 29 heavy (non-hydrogen) atoms. The maximum atomic E-state index is 11.6. The number of carboxylic acid groups (broad SMARTS) is 1. The van der Waals surface area contributed by atoms with Crippen molar-refractivity contribution >= 4 is 16.9 Å². The van der Waals surface area contributed by atoms with E-state index in [1.165, 1.54) is 42.5 Å². The Morgan fingerprint density at radius 3 is 2.59 bits per heavy atom. The molecule has 0 amide bonds. The summed E-state index contributed by atoms with van der Waals surface area (Å²) < 4.78 is 5.37. The summed E-state index contributed by atoms with van der Waals surface area (Å²) in [4.78, 5) is 26.6. The minimum Gasteiger partial charge on any atom is -0.543 e. The summed E-state index contributed by atoms with van der Waals surface area (Å²) in [6.07, 6.45) is 5.15. The van der Waals surface area contributed by atoms with Gasteiger partial charge < -0.3 is 24.3 Å². The molecular formula is C22H24N2O5. The highest BCUT2D eigenvalue weighted by molar-refractivity contribution is 5.84. The molecule has 3 aromatic rings. The molecule has 0 aliphatic carbocycles. The van der Waals surface area contributed by atoms with Gasteiger partial charge in [0, 0.05) is 17.6 Å². The van der Waals surface area contributed by atoms with E-state index in [4.69, 9.17) is 4.42 Å². The fourth-order valence-electron chi connectivity index (χ4n) is 3.56. The first-order chi connectivity index (χ1) is 14.0. The number of phenolic OH excluding ortho intramolecular Hbond substituents is 1.